The van der Waals surface area contributed by atoms with Gasteiger partial charge in [-0.2, -0.15) is 0 Å². The Morgan fingerprint density at radius 2 is 2.25 bits per heavy atom. The maximum atomic E-state index is 12.2. The van der Waals surface area contributed by atoms with Crippen molar-refractivity contribution in [1.29, 1.82) is 0 Å². The number of pyridine rings is 1. The minimum absolute atomic E-state index is 0.0530. The maximum absolute atomic E-state index is 12.2. The summed E-state index contributed by atoms with van der Waals surface area (Å²) in [5, 5.41) is 9.48. The van der Waals surface area contributed by atoms with Crippen molar-refractivity contribution in [3.05, 3.63) is 30.1 Å². The summed E-state index contributed by atoms with van der Waals surface area (Å²) in [5.74, 6) is 0.154. The zero-order chi connectivity index (χ0) is 14.8. The van der Waals surface area contributed by atoms with E-state index < -0.39 is 5.60 Å². The van der Waals surface area contributed by atoms with Gasteiger partial charge in [0, 0.05) is 24.4 Å². The smallest absolute Gasteiger partial charge is 0.410 e. The van der Waals surface area contributed by atoms with E-state index in [4.69, 9.17) is 4.74 Å². The molecule has 0 spiro atoms. The summed E-state index contributed by atoms with van der Waals surface area (Å²) < 4.78 is 5.39. The second-order valence-corrected chi connectivity index (χ2v) is 6.16. The van der Waals surface area contributed by atoms with Crippen LogP contribution >= 0.6 is 0 Å². The molecule has 1 aromatic rings. The molecule has 2 rings (SSSR count). The first-order valence-electron chi connectivity index (χ1n) is 6.92. The van der Waals surface area contributed by atoms with Crippen LogP contribution in [0.1, 0.15) is 38.8 Å². The molecule has 0 bridgehead atoms. The molecule has 1 aromatic heterocycles. The van der Waals surface area contributed by atoms with Crippen molar-refractivity contribution in [2.75, 3.05) is 13.2 Å². The van der Waals surface area contributed by atoms with E-state index in [9.17, 15) is 9.90 Å². The van der Waals surface area contributed by atoms with Crippen LogP contribution in [0.5, 0.6) is 0 Å². The van der Waals surface area contributed by atoms with Gasteiger partial charge in [0.2, 0.25) is 0 Å². The second kappa shape index (κ2) is 5.79. The van der Waals surface area contributed by atoms with E-state index in [1.165, 1.54) is 0 Å². The van der Waals surface area contributed by atoms with Gasteiger partial charge in [0.25, 0.3) is 0 Å². The molecule has 5 nitrogen and oxygen atoms in total. The standard InChI is InChI=1S/C15H22N2O3/c1-15(2,3)20-14(19)17-9-11(8-12(17)10-18)13-6-4-5-7-16-13/h4-7,11-12,18H,8-10H2,1-3H3/t11-,12+/m1/s1. The molecule has 1 saturated heterocycles. The summed E-state index contributed by atoms with van der Waals surface area (Å²) in [7, 11) is 0. The van der Waals surface area contributed by atoms with Crippen molar-refractivity contribution in [3.63, 3.8) is 0 Å². The number of aliphatic hydroxyl groups excluding tert-OH is 1. The maximum Gasteiger partial charge on any atom is 0.410 e. The predicted octanol–water partition coefficient (Wildman–Crippen LogP) is 2.17. The van der Waals surface area contributed by atoms with Crippen molar-refractivity contribution in [2.24, 2.45) is 0 Å². The number of amides is 1. The van der Waals surface area contributed by atoms with Gasteiger partial charge in [-0.15, -0.1) is 0 Å². The Hall–Kier alpha value is -1.62. The van der Waals surface area contributed by atoms with Crippen LogP contribution in [-0.2, 0) is 4.74 Å². The molecule has 0 unspecified atom stereocenters. The molecule has 1 amide bonds. The molecule has 1 aliphatic rings. The first kappa shape index (κ1) is 14.8. The molecule has 0 aliphatic carbocycles. The predicted molar refractivity (Wildman–Crippen MR) is 75.4 cm³/mol. The number of rotatable bonds is 2. The number of likely N-dealkylation sites (tertiary alicyclic amines) is 1. The molecule has 0 aromatic carbocycles. The highest BCUT2D eigenvalue weighted by Gasteiger charge is 2.38. The number of aliphatic hydroxyl groups is 1. The average molecular weight is 278 g/mol. The first-order valence-corrected chi connectivity index (χ1v) is 6.92. The fourth-order valence-electron chi connectivity index (χ4n) is 2.47. The Labute approximate surface area is 119 Å². The van der Waals surface area contributed by atoms with Crippen LogP contribution in [0.2, 0.25) is 0 Å². The normalized spacial score (nSPS) is 22.9. The third-order valence-electron chi connectivity index (χ3n) is 3.36. The summed E-state index contributed by atoms with van der Waals surface area (Å²) in [6.45, 7) is 6.00. The van der Waals surface area contributed by atoms with Crippen LogP contribution < -0.4 is 0 Å². The fraction of sp³-hybridized carbons (Fsp3) is 0.600. The average Bonchev–Trinajstić information content (AvgIpc) is 2.82. The highest BCUT2D eigenvalue weighted by atomic mass is 16.6. The van der Waals surface area contributed by atoms with E-state index in [0.29, 0.717) is 13.0 Å². The molecule has 1 fully saturated rings. The summed E-state index contributed by atoms with van der Waals surface area (Å²) in [4.78, 5) is 18.1. The third-order valence-corrected chi connectivity index (χ3v) is 3.36. The molecule has 2 atom stereocenters. The number of carbonyl (C=O) groups excluding carboxylic acids is 1. The topological polar surface area (TPSA) is 62.7 Å². The van der Waals surface area contributed by atoms with E-state index in [-0.39, 0.29) is 24.7 Å². The van der Waals surface area contributed by atoms with E-state index in [1.54, 1.807) is 11.1 Å². The largest absolute Gasteiger partial charge is 0.444 e. The molecular weight excluding hydrogens is 256 g/mol. The summed E-state index contributed by atoms with van der Waals surface area (Å²) in [6.07, 6.45) is 2.10. The lowest BCUT2D eigenvalue weighted by atomic mass is 10.0. The third kappa shape index (κ3) is 3.48. The molecule has 1 aliphatic heterocycles. The molecule has 2 heterocycles. The first-order chi connectivity index (χ1) is 9.40. The van der Waals surface area contributed by atoms with Crippen molar-refractivity contribution >= 4 is 6.09 Å². The van der Waals surface area contributed by atoms with Crippen LogP contribution in [0.25, 0.3) is 0 Å². The Morgan fingerprint density at radius 1 is 1.50 bits per heavy atom. The molecule has 0 radical (unpaired) electrons. The van der Waals surface area contributed by atoms with Gasteiger partial charge in [0.15, 0.2) is 0 Å². The summed E-state index contributed by atoms with van der Waals surface area (Å²) >= 11 is 0. The van der Waals surface area contributed by atoms with Crippen LogP contribution in [0.15, 0.2) is 24.4 Å². The molecule has 110 valence electrons. The number of hydrogen-bond donors (Lipinski definition) is 1. The SMILES string of the molecule is CC(C)(C)OC(=O)N1C[C@H](c2ccccn2)C[C@H]1CO. The lowest BCUT2D eigenvalue weighted by molar-refractivity contribution is 0.0174. The van der Waals surface area contributed by atoms with Crippen LogP contribution in [-0.4, -0.2) is 45.9 Å². The Balaban J connectivity index is 2.09. The van der Waals surface area contributed by atoms with Gasteiger partial charge in [-0.3, -0.25) is 4.98 Å². The van der Waals surface area contributed by atoms with E-state index in [1.807, 2.05) is 39.0 Å². The number of nitrogens with zero attached hydrogens (tertiary/aromatic N) is 2. The molecule has 20 heavy (non-hydrogen) atoms. The lowest BCUT2D eigenvalue weighted by Crippen LogP contribution is -2.41. The van der Waals surface area contributed by atoms with Crippen molar-refractivity contribution in [3.8, 4) is 0 Å². The number of hydrogen-bond acceptors (Lipinski definition) is 4. The van der Waals surface area contributed by atoms with Crippen LogP contribution in [0, 0.1) is 0 Å². The van der Waals surface area contributed by atoms with Gasteiger partial charge < -0.3 is 14.7 Å². The van der Waals surface area contributed by atoms with Crippen LogP contribution in [0.4, 0.5) is 4.79 Å². The van der Waals surface area contributed by atoms with Gasteiger partial charge in [0.05, 0.1) is 12.6 Å². The number of carbonyl (C=O) groups is 1. The molecular formula is C15H22N2O3. The monoisotopic (exact) mass is 278 g/mol. The van der Waals surface area contributed by atoms with Crippen molar-refractivity contribution < 1.29 is 14.6 Å². The Morgan fingerprint density at radius 3 is 2.80 bits per heavy atom. The van der Waals surface area contributed by atoms with E-state index >= 15 is 0 Å². The zero-order valence-corrected chi connectivity index (χ0v) is 12.2. The quantitative estimate of drug-likeness (QED) is 0.900. The van der Waals surface area contributed by atoms with Gasteiger partial charge in [-0.1, -0.05) is 6.07 Å². The highest BCUT2D eigenvalue weighted by Crippen LogP contribution is 2.31. The summed E-state index contributed by atoms with van der Waals surface area (Å²) in [5.41, 5.74) is 0.428. The van der Waals surface area contributed by atoms with Crippen LogP contribution in [0.3, 0.4) is 0 Å². The zero-order valence-electron chi connectivity index (χ0n) is 12.2. The van der Waals surface area contributed by atoms with Gasteiger partial charge in [-0.25, -0.2) is 4.79 Å². The Bertz CT molecular complexity index is 456. The van der Waals surface area contributed by atoms with Crippen molar-refractivity contribution in [1.82, 2.24) is 9.88 Å². The minimum Gasteiger partial charge on any atom is -0.444 e. The number of aromatic nitrogens is 1. The molecule has 1 N–H and O–H groups in total. The van der Waals surface area contributed by atoms with E-state index in [0.717, 1.165) is 5.69 Å². The number of ether oxygens (including phenoxy) is 1. The molecule has 5 heteroatoms. The van der Waals surface area contributed by atoms with Crippen molar-refractivity contribution in [2.45, 2.75) is 44.8 Å². The van der Waals surface area contributed by atoms with E-state index in [2.05, 4.69) is 4.98 Å². The fourth-order valence-corrected chi connectivity index (χ4v) is 2.47. The highest BCUT2D eigenvalue weighted by molar-refractivity contribution is 5.69. The summed E-state index contributed by atoms with van der Waals surface area (Å²) in [6, 6.07) is 5.56. The molecule has 0 saturated carbocycles. The Kier molecular flexibility index (Phi) is 4.28. The van der Waals surface area contributed by atoms with Gasteiger partial charge in [0.1, 0.15) is 5.60 Å². The second-order valence-electron chi connectivity index (χ2n) is 6.16. The minimum atomic E-state index is -0.528. The van der Waals surface area contributed by atoms with Gasteiger partial charge in [-0.05, 0) is 39.3 Å². The lowest BCUT2D eigenvalue weighted by Gasteiger charge is -2.27. The van der Waals surface area contributed by atoms with Gasteiger partial charge >= 0.3 is 6.09 Å².